The van der Waals surface area contributed by atoms with Crippen molar-refractivity contribution in [2.45, 2.75) is 25.7 Å². The minimum Gasteiger partial charge on any atom is -0.320 e. The Morgan fingerprint density at radius 2 is 1.78 bits per heavy atom. The van der Waals surface area contributed by atoms with Gasteiger partial charge in [-0.1, -0.05) is 49.2 Å². The average Bonchev–Trinajstić information content (AvgIpc) is 3.33. The fourth-order valence-electron chi connectivity index (χ4n) is 3.63. The van der Waals surface area contributed by atoms with Gasteiger partial charge < -0.3 is 10.6 Å². The van der Waals surface area contributed by atoms with Crippen molar-refractivity contribution in [3.05, 3.63) is 54.2 Å². The summed E-state index contributed by atoms with van der Waals surface area (Å²) >= 11 is 0. The lowest BCUT2D eigenvalue weighted by Gasteiger charge is -2.09. The van der Waals surface area contributed by atoms with Crippen LogP contribution in [0.5, 0.6) is 0 Å². The average molecular weight is 362 g/mol. The van der Waals surface area contributed by atoms with E-state index in [1.165, 1.54) is 4.68 Å². The molecule has 27 heavy (non-hydrogen) atoms. The highest BCUT2D eigenvalue weighted by Crippen LogP contribution is 2.26. The van der Waals surface area contributed by atoms with Crippen molar-refractivity contribution in [1.29, 1.82) is 0 Å². The SMILES string of the molecule is Cn1nc(C(=O)Nc2cccc3ccccc23)cc1NC(=O)C1CCCC1. The highest BCUT2D eigenvalue weighted by Gasteiger charge is 2.24. The van der Waals surface area contributed by atoms with Gasteiger partial charge in [-0.3, -0.25) is 14.3 Å². The molecule has 2 aromatic carbocycles. The van der Waals surface area contributed by atoms with Crippen LogP contribution in [0, 0.1) is 5.92 Å². The Labute approximate surface area is 157 Å². The van der Waals surface area contributed by atoms with Crippen LogP contribution in [-0.4, -0.2) is 21.6 Å². The van der Waals surface area contributed by atoms with E-state index in [2.05, 4.69) is 15.7 Å². The normalized spacial score (nSPS) is 14.4. The van der Waals surface area contributed by atoms with Crippen LogP contribution in [0.1, 0.15) is 36.2 Å². The summed E-state index contributed by atoms with van der Waals surface area (Å²) in [5.41, 5.74) is 1.01. The zero-order chi connectivity index (χ0) is 18.8. The third-order valence-electron chi connectivity index (χ3n) is 5.13. The van der Waals surface area contributed by atoms with E-state index >= 15 is 0 Å². The largest absolute Gasteiger partial charge is 0.320 e. The zero-order valence-corrected chi connectivity index (χ0v) is 15.2. The lowest BCUT2D eigenvalue weighted by molar-refractivity contribution is -0.119. The Morgan fingerprint density at radius 1 is 1.04 bits per heavy atom. The van der Waals surface area contributed by atoms with Crippen molar-refractivity contribution in [3.63, 3.8) is 0 Å². The highest BCUT2D eigenvalue weighted by atomic mass is 16.2. The number of hydrogen-bond acceptors (Lipinski definition) is 3. The third-order valence-corrected chi connectivity index (χ3v) is 5.13. The molecular formula is C21H22N4O2. The molecule has 3 aromatic rings. The molecule has 138 valence electrons. The Kier molecular flexibility index (Phi) is 4.62. The predicted octanol–water partition coefficient (Wildman–Crippen LogP) is 3.95. The van der Waals surface area contributed by atoms with Crippen molar-refractivity contribution in [1.82, 2.24) is 9.78 Å². The van der Waals surface area contributed by atoms with E-state index in [9.17, 15) is 9.59 Å². The zero-order valence-electron chi connectivity index (χ0n) is 15.2. The van der Waals surface area contributed by atoms with Gasteiger partial charge in [0.25, 0.3) is 5.91 Å². The van der Waals surface area contributed by atoms with Gasteiger partial charge in [-0.2, -0.15) is 5.10 Å². The summed E-state index contributed by atoms with van der Waals surface area (Å²) in [6.45, 7) is 0. The van der Waals surface area contributed by atoms with Crippen molar-refractivity contribution in [2.75, 3.05) is 10.6 Å². The molecule has 6 heteroatoms. The molecular weight excluding hydrogens is 340 g/mol. The van der Waals surface area contributed by atoms with Gasteiger partial charge >= 0.3 is 0 Å². The third kappa shape index (κ3) is 3.56. The van der Waals surface area contributed by atoms with Gasteiger partial charge in [-0.15, -0.1) is 0 Å². The van der Waals surface area contributed by atoms with Gasteiger partial charge in [-0.05, 0) is 24.3 Å². The molecule has 1 aromatic heterocycles. The smallest absolute Gasteiger partial charge is 0.276 e. The highest BCUT2D eigenvalue weighted by molar-refractivity contribution is 6.08. The summed E-state index contributed by atoms with van der Waals surface area (Å²) in [4.78, 5) is 25.0. The van der Waals surface area contributed by atoms with E-state index in [0.29, 0.717) is 5.82 Å². The molecule has 0 spiro atoms. The molecule has 0 bridgehead atoms. The first-order chi connectivity index (χ1) is 13.1. The van der Waals surface area contributed by atoms with E-state index in [4.69, 9.17) is 0 Å². The fourth-order valence-corrected chi connectivity index (χ4v) is 3.63. The van der Waals surface area contributed by atoms with E-state index in [1.807, 2.05) is 42.5 Å². The second kappa shape index (κ2) is 7.23. The molecule has 1 heterocycles. The first-order valence-corrected chi connectivity index (χ1v) is 9.26. The Hall–Kier alpha value is -3.15. The first kappa shape index (κ1) is 17.3. The van der Waals surface area contributed by atoms with E-state index < -0.39 is 0 Å². The molecule has 0 atom stereocenters. The van der Waals surface area contributed by atoms with Crippen molar-refractivity contribution in [2.24, 2.45) is 13.0 Å². The number of anilines is 2. The van der Waals surface area contributed by atoms with Crippen LogP contribution in [0.15, 0.2) is 48.5 Å². The summed E-state index contributed by atoms with van der Waals surface area (Å²) < 4.78 is 1.53. The lowest BCUT2D eigenvalue weighted by Crippen LogP contribution is -2.21. The molecule has 2 N–H and O–H groups in total. The van der Waals surface area contributed by atoms with E-state index in [-0.39, 0.29) is 23.4 Å². The maximum Gasteiger partial charge on any atom is 0.276 e. The van der Waals surface area contributed by atoms with Gasteiger partial charge in [0.1, 0.15) is 5.82 Å². The summed E-state index contributed by atoms with van der Waals surface area (Å²) in [6, 6.07) is 15.3. The van der Waals surface area contributed by atoms with Gasteiger partial charge in [0.05, 0.1) is 0 Å². The summed E-state index contributed by atoms with van der Waals surface area (Å²) in [6.07, 6.45) is 4.06. The van der Waals surface area contributed by atoms with E-state index in [1.54, 1.807) is 13.1 Å². The first-order valence-electron chi connectivity index (χ1n) is 9.26. The van der Waals surface area contributed by atoms with Crippen LogP contribution >= 0.6 is 0 Å². The topological polar surface area (TPSA) is 76.0 Å². The van der Waals surface area contributed by atoms with Crippen LogP contribution in [0.4, 0.5) is 11.5 Å². The van der Waals surface area contributed by atoms with Gasteiger partial charge in [0.2, 0.25) is 5.91 Å². The number of aryl methyl sites for hydroxylation is 1. The molecule has 0 aliphatic heterocycles. The second-order valence-corrected chi connectivity index (χ2v) is 6.99. The predicted molar refractivity (Wildman–Crippen MR) is 106 cm³/mol. The number of aromatic nitrogens is 2. The van der Waals surface area contributed by atoms with Crippen LogP contribution in [0.2, 0.25) is 0 Å². The fraction of sp³-hybridized carbons (Fsp3) is 0.286. The second-order valence-electron chi connectivity index (χ2n) is 6.99. The molecule has 2 amide bonds. The molecule has 0 saturated heterocycles. The molecule has 6 nitrogen and oxygen atoms in total. The van der Waals surface area contributed by atoms with Crippen molar-refractivity contribution in [3.8, 4) is 0 Å². The number of amides is 2. The van der Waals surface area contributed by atoms with Crippen molar-refractivity contribution < 1.29 is 9.59 Å². The van der Waals surface area contributed by atoms with E-state index in [0.717, 1.165) is 42.1 Å². The molecule has 1 aliphatic rings. The standard InChI is InChI=1S/C21H22N4O2/c1-25-19(23-20(26)15-8-2-3-9-15)13-18(24-25)21(27)22-17-12-6-10-14-7-4-5-11-16(14)17/h4-7,10-13,15H,2-3,8-9H2,1H3,(H,22,27)(H,23,26). The Balaban J connectivity index is 1.51. The Bertz CT molecular complexity index is 997. The molecule has 0 radical (unpaired) electrons. The minimum absolute atomic E-state index is 0.0107. The number of nitrogens with one attached hydrogen (secondary N) is 2. The quantitative estimate of drug-likeness (QED) is 0.738. The summed E-state index contributed by atoms with van der Waals surface area (Å²) in [5.74, 6) is 0.308. The Morgan fingerprint density at radius 3 is 2.59 bits per heavy atom. The maximum absolute atomic E-state index is 12.7. The van der Waals surface area contributed by atoms with Gasteiger partial charge in [-0.25, -0.2) is 0 Å². The molecule has 1 aliphatic carbocycles. The number of nitrogens with zero attached hydrogens (tertiary/aromatic N) is 2. The molecule has 4 rings (SSSR count). The summed E-state index contributed by atoms with van der Waals surface area (Å²) in [7, 11) is 1.72. The molecule has 1 fully saturated rings. The van der Waals surface area contributed by atoms with Crippen LogP contribution in [0.25, 0.3) is 10.8 Å². The number of carbonyl (C=O) groups is 2. The lowest BCUT2D eigenvalue weighted by atomic mass is 10.1. The number of fused-ring (bicyclic) bond motifs is 1. The van der Waals surface area contributed by atoms with Gasteiger partial charge in [0.15, 0.2) is 5.69 Å². The minimum atomic E-state index is -0.302. The monoisotopic (exact) mass is 362 g/mol. The summed E-state index contributed by atoms with van der Waals surface area (Å²) in [5, 5.41) is 12.1. The molecule has 1 saturated carbocycles. The van der Waals surface area contributed by atoms with Crippen LogP contribution < -0.4 is 10.6 Å². The number of benzene rings is 2. The van der Waals surface area contributed by atoms with Crippen LogP contribution in [-0.2, 0) is 11.8 Å². The van der Waals surface area contributed by atoms with Crippen molar-refractivity contribution >= 4 is 34.1 Å². The molecule has 0 unspecified atom stereocenters. The maximum atomic E-state index is 12.7. The van der Waals surface area contributed by atoms with Gasteiger partial charge in [0, 0.05) is 30.1 Å². The number of rotatable bonds is 4. The number of hydrogen-bond donors (Lipinski definition) is 2. The number of carbonyl (C=O) groups excluding carboxylic acids is 2. The van der Waals surface area contributed by atoms with Crippen LogP contribution in [0.3, 0.4) is 0 Å².